The summed E-state index contributed by atoms with van der Waals surface area (Å²) in [4.78, 5) is 19.0. The Bertz CT molecular complexity index is 684. The van der Waals surface area contributed by atoms with Crippen molar-refractivity contribution in [2.75, 3.05) is 4.90 Å². The Morgan fingerprint density at radius 2 is 2.05 bits per heavy atom. The number of aryl methyl sites for hydroxylation is 1. The predicted octanol–water partition coefficient (Wildman–Crippen LogP) is 3.74. The van der Waals surface area contributed by atoms with E-state index >= 15 is 0 Å². The van der Waals surface area contributed by atoms with Gasteiger partial charge in [0, 0.05) is 17.4 Å². The quantitative estimate of drug-likeness (QED) is 0.746. The van der Waals surface area contributed by atoms with Crippen LogP contribution in [0.3, 0.4) is 0 Å². The molecule has 0 saturated carbocycles. The maximum absolute atomic E-state index is 12.8. The van der Waals surface area contributed by atoms with Gasteiger partial charge in [-0.15, -0.1) is 0 Å². The van der Waals surface area contributed by atoms with Gasteiger partial charge in [-0.05, 0) is 60.0 Å². The minimum Gasteiger partial charge on any atom is -0.305 e. The molecule has 0 radical (unpaired) electrons. The SMILES string of the molecule is Cc1ccc(C(=O)N2c3ccccc3CC2C)c(Br)n1. The lowest BCUT2D eigenvalue weighted by molar-refractivity contribution is 0.0980. The van der Waals surface area contributed by atoms with E-state index in [4.69, 9.17) is 0 Å². The number of halogens is 1. The van der Waals surface area contributed by atoms with E-state index in [1.807, 2.05) is 42.2 Å². The summed E-state index contributed by atoms with van der Waals surface area (Å²) in [6.07, 6.45) is 0.902. The zero-order valence-corrected chi connectivity index (χ0v) is 13.0. The first kappa shape index (κ1) is 13.3. The van der Waals surface area contributed by atoms with Gasteiger partial charge in [-0.25, -0.2) is 4.98 Å². The largest absolute Gasteiger partial charge is 0.305 e. The van der Waals surface area contributed by atoms with E-state index in [2.05, 4.69) is 33.9 Å². The van der Waals surface area contributed by atoms with Crippen LogP contribution in [0.4, 0.5) is 5.69 Å². The van der Waals surface area contributed by atoms with Gasteiger partial charge in [0.2, 0.25) is 0 Å². The second kappa shape index (κ2) is 5.02. The van der Waals surface area contributed by atoms with Crippen molar-refractivity contribution in [3.63, 3.8) is 0 Å². The molecule has 1 aromatic heterocycles. The van der Waals surface area contributed by atoms with Crippen molar-refractivity contribution in [2.45, 2.75) is 26.3 Å². The van der Waals surface area contributed by atoms with Gasteiger partial charge >= 0.3 is 0 Å². The third kappa shape index (κ3) is 2.14. The van der Waals surface area contributed by atoms with Crippen LogP contribution in [-0.2, 0) is 6.42 Å². The van der Waals surface area contributed by atoms with E-state index in [1.54, 1.807) is 0 Å². The Morgan fingerprint density at radius 1 is 1.30 bits per heavy atom. The molecule has 4 heteroatoms. The fourth-order valence-corrected chi connectivity index (χ4v) is 3.27. The molecular weight excluding hydrogens is 316 g/mol. The molecular formula is C16H15BrN2O. The Kier molecular flexibility index (Phi) is 3.34. The molecule has 1 atom stereocenters. The molecule has 0 fully saturated rings. The van der Waals surface area contributed by atoms with Crippen LogP contribution in [-0.4, -0.2) is 16.9 Å². The van der Waals surface area contributed by atoms with Crippen LogP contribution in [0.2, 0.25) is 0 Å². The van der Waals surface area contributed by atoms with Crippen LogP contribution in [0.1, 0.15) is 28.5 Å². The minimum absolute atomic E-state index is 0.00169. The van der Waals surface area contributed by atoms with Gasteiger partial charge in [0.25, 0.3) is 5.91 Å². The van der Waals surface area contributed by atoms with Crippen LogP contribution >= 0.6 is 15.9 Å². The standard InChI is InChI=1S/C16H15BrN2O/c1-10-7-8-13(15(17)18-10)16(20)19-11(2)9-12-5-3-4-6-14(12)19/h3-8,11H,9H2,1-2H3. The predicted molar refractivity (Wildman–Crippen MR) is 83.1 cm³/mol. The first-order valence-electron chi connectivity index (χ1n) is 6.62. The van der Waals surface area contributed by atoms with Gasteiger partial charge in [0.05, 0.1) is 5.56 Å². The van der Waals surface area contributed by atoms with E-state index in [9.17, 15) is 4.79 Å². The average molecular weight is 331 g/mol. The Hall–Kier alpha value is -1.68. The van der Waals surface area contributed by atoms with Gasteiger partial charge in [-0.3, -0.25) is 4.79 Å². The Balaban J connectivity index is 2.03. The third-order valence-corrected chi connectivity index (χ3v) is 4.25. The van der Waals surface area contributed by atoms with Gasteiger partial charge in [-0.2, -0.15) is 0 Å². The molecule has 2 heterocycles. The summed E-state index contributed by atoms with van der Waals surface area (Å²) in [5.41, 5.74) is 3.74. The van der Waals surface area contributed by atoms with Crippen LogP contribution in [0.5, 0.6) is 0 Å². The number of aromatic nitrogens is 1. The number of rotatable bonds is 1. The summed E-state index contributed by atoms with van der Waals surface area (Å²) in [5.74, 6) is 0.00169. The summed E-state index contributed by atoms with van der Waals surface area (Å²) in [5, 5.41) is 0. The second-order valence-corrected chi connectivity index (χ2v) is 5.90. The van der Waals surface area contributed by atoms with Crippen LogP contribution in [0.25, 0.3) is 0 Å². The summed E-state index contributed by atoms with van der Waals surface area (Å²) in [7, 11) is 0. The van der Waals surface area contributed by atoms with Crippen molar-refractivity contribution >= 4 is 27.5 Å². The number of nitrogens with zero attached hydrogens (tertiary/aromatic N) is 2. The molecule has 0 saturated heterocycles. The number of hydrogen-bond acceptors (Lipinski definition) is 2. The molecule has 20 heavy (non-hydrogen) atoms. The summed E-state index contributed by atoms with van der Waals surface area (Å²) >= 11 is 3.40. The van der Waals surface area contributed by atoms with Gasteiger partial charge in [0.15, 0.2) is 0 Å². The number of amides is 1. The van der Waals surface area contributed by atoms with Gasteiger partial charge < -0.3 is 4.90 Å². The molecule has 2 aromatic rings. The molecule has 1 amide bonds. The van der Waals surface area contributed by atoms with E-state index < -0.39 is 0 Å². The van der Waals surface area contributed by atoms with Crippen LogP contribution in [0.15, 0.2) is 41.0 Å². The molecule has 102 valence electrons. The first-order chi connectivity index (χ1) is 9.58. The van der Waals surface area contributed by atoms with Crippen LogP contribution in [0, 0.1) is 6.92 Å². The maximum atomic E-state index is 12.8. The molecule has 1 aliphatic rings. The van der Waals surface area contributed by atoms with E-state index in [0.717, 1.165) is 17.8 Å². The van der Waals surface area contributed by atoms with E-state index in [1.165, 1.54) is 5.56 Å². The molecule has 1 aromatic carbocycles. The maximum Gasteiger partial charge on any atom is 0.261 e. The number of para-hydroxylation sites is 1. The highest BCUT2D eigenvalue weighted by Crippen LogP contribution is 2.33. The molecule has 0 aliphatic carbocycles. The number of carbonyl (C=O) groups is 1. The summed E-state index contributed by atoms with van der Waals surface area (Å²) in [6.45, 7) is 3.99. The van der Waals surface area contributed by atoms with Crippen LogP contribution < -0.4 is 4.90 Å². The zero-order valence-electron chi connectivity index (χ0n) is 11.4. The average Bonchev–Trinajstić information content (AvgIpc) is 2.73. The molecule has 0 spiro atoms. The number of carbonyl (C=O) groups excluding carboxylic acids is 1. The lowest BCUT2D eigenvalue weighted by Gasteiger charge is -2.23. The van der Waals surface area contributed by atoms with Crippen molar-refractivity contribution in [1.29, 1.82) is 0 Å². The lowest BCUT2D eigenvalue weighted by Crippen LogP contribution is -2.36. The smallest absolute Gasteiger partial charge is 0.261 e. The minimum atomic E-state index is 0.00169. The van der Waals surface area contributed by atoms with Gasteiger partial charge in [-0.1, -0.05) is 18.2 Å². The molecule has 0 bridgehead atoms. The highest BCUT2D eigenvalue weighted by atomic mass is 79.9. The number of anilines is 1. The molecule has 1 aliphatic heterocycles. The number of benzene rings is 1. The first-order valence-corrected chi connectivity index (χ1v) is 7.42. The summed E-state index contributed by atoms with van der Waals surface area (Å²) in [6, 6.07) is 12.0. The van der Waals surface area contributed by atoms with Crippen molar-refractivity contribution in [1.82, 2.24) is 4.98 Å². The highest BCUT2D eigenvalue weighted by Gasteiger charge is 2.32. The highest BCUT2D eigenvalue weighted by molar-refractivity contribution is 9.10. The number of hydrogen-bond donors (Lipinski definition) is 0. The van der Waals surface area contributed by atoms with E-state index in [-0.39, 0.29) is 11.9 Å². The van der Waals surface area contributed by atoms with Crippen molar-refractivity contribution < 1.29 is 4.79 Å². The fourth-order valence-electron chi connectivity index (χ4n) is 2.69. The van der Waals surface area contributed by atoms with Crippen molar-refractivity contribution in [3.8, 4) is 0 Å². The topological polar surface area (TPSA) is 33.2 Å². The normalized spacial score (nSPS) is 17.1. The monoisotopic (exact) mass is 330 g/mol. The molecule has 1 unspecified atom stereocenters. The molecule has 3 rings (SSSR count). The van der Waals surface area contributed by atoms with Crippen molar-refractivity contribution in [2.24, 2.45) is 0 Å². The van der Waals surface area contributed by atoms with Gasteiger partial charge in [0.1, 0.15) is 4.60 Å². The van der Waals surface area contributed by atoms with E-state index in [0.29, 0.717) is 10.2 Å². The molecule has 0 N–H and O–H groups in total. The molecule has 3 nitrogen and oxygen atoms in total. The Labute approximate surface area is 126 Å². The third-order valence-electron chi connectivity index (χ3n) is 3.64. The number of fused-ring (bicyclic) bond motifs is 1. The Morgan fingerprint density at radius 3 is 2.80 bits per heavy atom. The lowest BCUT2D eigenvalue weighted by atomic mass is 10.1. The number of pyridine rings is 1. The van der Waals surface area contributed by atoms with Crippen molar-refractivity contribution in [3.05, 3.63) is 57.8 Å². The second-order valence-electron chi connectivity index (χ2n) is 5.15. The fraction of sp³-hybridized carbons (Fsp3) is 0.250. The summed E-state index contributed by atoms with van der Waals surface area (Å²) < 4.78 is 0.610. The zero-order chi connectivity index (χ0) is 14.3.